The number of aryl methyl sites for hydroxylation is 1. The minimum Gasteiger partial charge on any atom is -0.478 e. The van der Waals surface area contributed by atoms with Gasteiger partial charge in [-0.05, 0) is 30.5 Å². The molecule has 4 rings (SSSR count). The summed E-state index contributed by atoms with van der Waals surface area (Å²) in [7, 11) is 0. The summed E-state index contributed by atoms with van der Waals surface area (Å²) >= 11 is 0. The highest BCUT2D eigenvalue weighted by Crippen LogP contribution is 2.16. The molecule has 0 saturated heterocycles. The Kier molecular flexibility index (Phi) is 7.30. The average Bonchev–Trinajstić information content (AvgIpc) is 3.40. The van der Waals surface area contributed by atoms with Crippen LogP contribution in [-0.4, -0.2) is 52.9 Å². The van der Waals surface area contributed by atoms with E-state index < -0.39 is 18.1 Å². The summed E-state index contributed by atoms with van der Waals surface area (Å²) in [6.45, 7) is 2.10. The lowest BCUT2D eigenvalue weighted by Gasteiger charge is -2.14. The van der Waals surface area contributed by atoms with Crippen LogP contribution in [0.1, 0.15) is 40.4 Å². The van der Waals surface area contributed by atoms with Gasteiger partial charge >= 0.3 is 18.1 Å². The highest BCUT2D eigenvalue weighted by Gasteiger charge is 2.38. The van der Waals surface area contributed by atoms with Crippen molar-refractivity contribution in [3.63, 3.8) is 0 Å². The maximum atomic E-state index is 11.0. The number of hydrogen-bond acceptors (Lipinski definition) is 6. The Hall–Kier alpha value is -3.90. The third kappa shape index (κ3) is 6.54. The van der Waals surface area contributed by atoms with E-state index in [9.17, 15) is 18.0 Å². The molecule has 1 aromatic carbocycles. The summed E-state index contributed by atoms with van der Waals surface area (Å²) in [6, 6.07) is 6.90. The molecule has 1 aliphatic rings. The molecule has 33 heavy (non-hydrogen) atoms. The van der Waals surface area contributed by atoms with Crippen LogP contribution < -0.4 is 5.32 Å². The highest BCUT2D eigenvalue weighted by atomic mass is 19.4. The predicted molar refractivity (Wildman–Crippen MR) is 109 cm³/mol. The first-order valence-corrected chi connectivity index (χ1v) is 9.93. The molecule has 0 radical (unpaired) electrons. The molecule has 10 nitrogen and oxygen atoms in total. The van der Waals surface area contributed by atoms with Crippen LogP contribution in [0.15, 0.2) is 36.7 Å². The third-order valence-corrected chi connectivity index (χ3v) is 4.79. The lowest BCUT2D eigenvalue weighted by molar-refractivity contribution is -0.192. The zero-order valence-electron chi connectivity index (χ0n) is 17.3. The van der Waals surface area contributed by atoms with E-state index in [-0.39, 0.29) is 5.56 Å². The second-order valence-electron chi connectivity index (χ2n) is 7.23. The number of fused-ring (bicyclic) bond motifs is 1. The SMILES string of the molecule is O=C(O)C(F)(F)F.O=C(O)c1cccc(CNc2cnn(Cc3nnc4n3CCCC4)c2)c1. The Labute approximate surface area is 185 Å². The number of aromatic carboxylic acids is 1. The summed E-state index contributed by atoms with van der Waals surface area (Å²) in [5, 5.41) is 32.4. The van der Waals surface area contributed by atoms with Crippen LogP contribution in [0.5, 0.6) is 0 Å². The monoisotopic (exact) mass is 466 g/mol. The van der Waals surface area contributed by atoms with Crippen molar-refractivity contribution in [2.45, 2.75) is 45.1 Å². The number of anilines is 1. The first-order chi connectivity index (χ1) is 15.6. The van der Waals surface area contributed by atoms with Gasteiger partial charge in [0.2, 0.25) is 0 Å². The summed E-state index contributed by atoms with van der Waals surface area (Å²) in [5.41, 5.74) is 2.07. The number of carbonyl (C=O) groups is 2. The molecule has 0 bridgehead atoms. The van der Waals surface area contributed by atoms with E-state index in [0.29, 0.717) is 13.1 Å². The van der Waals surface area contributed by atoms with Crippen molar-refractivity contribution in [3.05, 3.63) is 59.4 Å². The Bertz CT molecular complexity index is 1130. The molecule has 1 aliphatic heterocycles. The van der Waals surface area contributed by atoms with Crippen LogP contribution in [0.2, 0.25) is 0 Å². The molecular formula is C20H21F3N6O4. The molecule has 3 N–H and O–H groups in total. The van der Waals surface area contributed by atoms with Gasteiger partial charge in [0.1, 0.15) is 12.4 Å². The minimum absolute atomic E-state index is 0.288. The first kappa shape index (κ1) is 23.8. The van der Waals surface area contributed by atoms with Crippen LogP contribution in [0, 0.1) is 0 Å². The standard InChI is InChI=1S/C18H20N6O2.C2HF3O2/c25-18(26)14-5-3-4-13(8-14)9-19-15-10-20-23(11-15)12-17-22-21-16-6-1-2-7-24(16)17;3-2(4,5)1(6)7/h3-5,8,10-11,19H,1-2,6-7,9,12H2,(H,25,26);(H,6,7). The van der Waals surface area contributed by atoms with Gasteiger partial charge < -0.3 is 20.1 Å². The summed E-state index contributed by atoms with van der Waals surface area (Å²) < 4.78 is 35.8. The van der Waals surface area contributed by atoms with Gasteiger partial charge in [-0.25, -0.2) is 9.59 Å². The molecular weight excluding hydrogens is 445 g/mol. The molecule has 0 amide bonds. The quantitative estimate of drug-likeness (QED) is 0.505. The number of alkyl halides is 3. The number of hydrogen-bond donors (Lipinski definition) is 3. The van der Waals surface area contributed by atoms with Crippen molar-refractivity contribution < 1.29 is 33.0 Å². The fraction of sp³-hybridized carbons (Fsp3) is 0.350. The first-order valence-electron chi connectivity index (χ1n) is 9.93. The molecule has 13 heteroatoms. The van der Waals surface area contributed by atoms with Crippen LogP contribution in [0.3, 0.4) is 0 Å². The largest absolute Gasteiger partial charge is 0.490 e. The molecule has 0 atom stereocenters. The van der Waals surface area contributed by atoms with Crippen molar-refractivity contribution in [2.24, 2.45) is 0 Å². The second kappa shape index (κ2) is 10.1. The van der Waals surface area contributed by atoms with E-state index in [2.05, 4.69) is 25.2 Å². The van der Waals surface area contributed by atoms with Gasteiger partial charge in [0.15, 0.2) is 5.82 Å². The van der Waals surface area contributed by atoms with Crippen molar-refractivity contribution in [1.29, 1.82) is 0 Å². The number of carboxylic acid groups (broad SMARTS) is 2. The Morgan fingerprint density at radius 3 is 2.61 bits per heavy atom. The normalized spacial score (nSPS) is 12.9. The zero-order chi connectivity index (χ0) is 24.0. The van der Waals surface area contributed by atoms with E-state index in [1.54, 1.807) is 24.4 Å². The van der Waals surface area contributed by atoms with Crippen LogP contribution >= 0.6 is 0 Å². The lowest BCUT2D eigenvalue weighted by atomic mass is 10.1. The number of halogens is 3. The van der Waals surface area contributed by atoms with E-state index >= 15 is 0 Å². The average molecular weight is 466 g/mol. The van der Waals surface area contributed by atoms with Gasteiger partial charge in [0, 0.05) is 25.7 Å². The Morgan fingerprint density at radius 2 is 1.91 bits per heavy atom. The van der Waals surface area contributed by atoms with E-state index in [1.807, 2.05) is 16.9 Å². The maximum absolute atomic E-state index is 11.0. The lowest BCUT2D eigenvalue weighted by Crippen LogP contribution is -2.21. The van der Waals surface area contributed by atoms with E-state index in [4.69, 9.17) is 15.0 Å². The second-order valence-corrected chi connectivity index (χ2v) is 7.23. The van der Waals surface area contributed by atoms with E-state index in [0.717, 1.165) is 35.9 Å². The van der Waals surface area contributed by atoms with Crippen molar-refractivity contribution in [1.82, 2.24) is 24.5 Å². The molecule has 2 aromatic heterocycles. The number of benzene rings is 1. The molecule has 0 unspecified atom stereocenters. The molecule has 0 fully saturated rings. The smallest absolute Gasteiger partial charge is 0.478 e. The summed E-state index contributed by atoms with van der Waals surface area (Å²) in [4.78, 5) is 19.9. The van der Waals surface area contributed by atoms with Crippen LogP contribution in [-0.2, 0) is 30.8 Å². The number of nitrogens with zero attached hydrogens (tertiary/aromatic N) is 5. The van der Waals surface area contributed by atoms with E-state index in [1.165, 1.54) is 12.8 Å². The molecule has 176 valence electrons. The topological polar surface area (TPSA) is 135 Å². The van der Waals surface area contributed by atoms with Gasteiger partial charge in [0.25, 0.3) is 0 Å². The van der Waals surface area contributed by atoms with Crippen molar-refractivity contribution in [2.75, 3.05) is 5.32 Å². The van der Waals surface area contributed by atoms with Gasteiger partial charge in [-0.1, -0.05) is 12.1 Å². The molecule has 0 spiro atoms. The highest BCUT2D eigenvalue weighted by molar-refractivity contribution is 5.87. The number of carboxylic acids is 2. The van der Waals surface area contributed by atoms with Crippen molar-refractivity contribution in [3.8, 4) is 0 Å². The third-order valence-electron chi connectivity index (χ3n) is 4.79. The molecule has 3 heterocycles. The number of nitrogens with one attached hydrogen (secondary N) is 1. The number of aromatic nitrogens is 5. The van der Waals surface area contributed by atoms with Gasteiger partial charge in [0.05, 0.1) is 17.4 Å². The predicted octanol–water partition coefficient (Wildman–Crippen LogP) is 2.80. The molecule has 0 saturated carbocycles. The zero-order valence-corrected chi connectivity index (χ0v) is 17.3. The minimum atomic E-state index is -5.08. The molecule has 0 aliphatic carbocycles. The van der Waals surface area contributed by atoms with Gasteiger partial charge in [-0.2, -0.15) is 18.3 Å². The Balaban J connectivity index is 0.000000383. The fourth-order valence-electron chi connectivity index (χ4n) is 3.19. The molecule has 3 aromatic rings. The number of rotatable bonds is 6. The maximum Gasteiger partial charge on any atom is 0.490 e. The number of aliphatic carboxylic acids is 1. The summed E-state index contributed by atoms with van der Waals surface area (Å²) in [5.74, 6) is -1.68. The van der Waals surface area contributed by atoms with Crippen LogP contribution in [0.25, 0.3) is 0 Å². The van der Waals surface area contributed by atoms with Crippen molar-refractivity contribution >= 4 is 17.6 Å². The summed E-state index contributed by atoms with van der Waals surface area (Å²) in [6.07, 6.45) is 1.94. The van der Waals surface area contributed by atoms with Gasteiger partial charge in [-0.3, -0.25) is 4.68 Å². The fourth-order valence-corrected chi connectivity index (χ4v) is 3.19. The van der Waals surface area contributed by atoms with Crippen LogP contribution in [0.4, 0.5) is 18.9 Å². The Morgan fingerprint density at radius 1 is 1.15 bits per heavy atom. The van der Waals surface area contributed by atoms with Gasteiger partial charge in [-0.15, -0.1) is 10.2 Å².